The quantitative estimate of drug-likeness (QED) is 0.840. The molecule has 2 N–H and O–H groups in total. The molecule has 2 rings (SSSR count). The van der Waals surface area contributed by atoms with Gasteiger partial charge in [0.1, 0.15) is 11.6 Å². The lowest BCUT2D eigenvalue weighted by Gasteiger charge is -2.32. The van der Waals surface area contributed by atoms with E-state index in [1.165, 1.54) is 6.07 Å². The van der Waals surface area contributed by atoms with Gasteiger partial charge in [0.2, 0.25) is 0 Å². The molecule has 1 heterocycles. The van der Waals surface area contributed by atoms with E-state index in [9.17, 15) is 9.50 Å². The van der Waals surface area contributed by atoms with Gasteiger partial charge in [0, 0.05) is 32.2 Å². The van der Waals surface area contributed by atoms with E-state index in [0.29, 0.717) is 13.2 Å². The van der Waals surface area contributed by atoms with E-state index in [2.05, 4.69) is 10.2 Å². The molecule has 1 aromatic carbocycles. The lowest BCUT2D eigenvalue weighted by molar-refractivity contribution is -0.0291. The first kappa shape index (κ1) is 13.3. The van der Waals surface area contributed by atoms with Crippen molar-refractivity contribution in [1.29, 1.82) is 0 Å². The van der Waals surface area contributed by atoms with Crippen LogP contribution < -0.4 is 5.32 Å². The highest BCUT2D eigenvalue weighted by Gasteiger charge is 2.19. The number of likely N-dealkylation sites (N-methyl/N-ethyl adjacent to an activating group) is 1. The zero-order chi connectivity index (χ0) is 13.0. The summed E-state index contributed by atoms with van der Waals surface area (Å²) >= 11 is 0. The lowest BCUT2D eigenvalue weighted by atomic mass is 10.1. The van der Waals surface area contributed by atoms with E-state index in [1.807, 2.05) is 7.05 Å². The van der Waals surface area contributed by atoms with E-state index in [-0.39, 0.29) is 11.9 Å². The van der Waals surface area contributed by atoms with Crippen LogP contribution in [-0.4, -0.2) is 49.4 Å². The Morgan fingerprint density at radius 2 is 2.33 bits per heavy atom. The summed E-state index contributed by atoms with van der Waals surface area (Å²) in [6.45, 7) is 3.78. The molecule has 100 valence electrons. The maximum absolute atomic E-state index is 13.2. The second-order valence-corrected chi connectivity index (χ2v) is 4.60. The van der Waals surface area contributed by atoms with Crippen LogP contribution in [0.2, 0.25) is 0 Å². The Morgan fingerprint density at radius 1 is 1.50 bits per heavy atom. The fourth-order valence-corrected chi connectivity index (χ4v) is 2.26. The Bertz CT molecular complexity index is 378. The second kappa shape index (κ2) is 6.13. The van der Waals surface area contributed by atoms with Gasteiger partial charge in [0.05, 0.1) is 12.7 Å². The van der Waals surface area contributed by atoms with Gasteiger partial charge in [-0.1, -0.05) is 0 Å². The van der Waals surface area contributed by atoms with E-state index >= 15 is 0 Å². The molecule has 0 bridgehead atoms. The largest absolute Gasteiger partial charge is 0.508 e. The first-order valence-corrected chi connectivity index (χ1v) is 6.14. The number of morpholine rings is 1. The Labute approximate surface area is 106 Å². The predicted molar refractivity (Wildman–Crippen MR) is 67.0 cm³/mol. The maximum Gasteiger partial charge on any atom is 0.127 e. The van der Waals surface area contributed by atoms with Crippen molar-refractivity contribution in [2.75, 3.05) is 33.3 Å². The summed E-state index contributed by atoms with van der Waals surface area (Å²) in [4.78, 5) is 2.21. The molecular formula is C13H19FN2O2. The lowest BCUT2D eigenvalue weighted by Crippen LogP contribution is -2.45. The summed E-state index contributed by atoms with van der Waals surface area (Å²) in [5.74, 6) is -0.421. The molecule has 0 saturated carbocycles. The molecule has 18 heavy (non-hydrogen) atoms. The molecule has 1 saturated heterocycles. The predicted octanol–water partition coefficient (Wildman–Crippen LogP) is 0.951. The van der Waals surface area contributed by atoms with Gasteiger partial charge >= 0.3 is 0 Å². The Morgan fingerprint density at radius 3 is 3.06 bits per heavy atom. The van der Waals surface area contributed by atoms with Crippen molar-refractivity contribution in [3.8, 4) is 5.75 Å². The minimum Gasteiger partial charge on any atom is -0.508 e. The van der Waals surface area contributed by atoms with Crippen LogP contribution in [0.25, 0.3) is 0 Å². The van der Waals surface area contributed by atoms with Crippen LogP contribution in [0.15, 0.2) is 18.2 Å². The molecule has 0 amide bonds. The van der Waals surface area contributed by atoms with Crippen LogP contribution >= 0.6 is 0 Å². The maximum atomic E-state index is 13.2. The zero-order valence-electron chi connectivity index (χ0n) is 10.5. The summed E-state index contributed by atoms with van der Waals surface area (Å²) in [6, 6.07) is 4.18. The molecule has 1 aliphatic heterocycles. The average Bonchev–Trinajstić information content (AvgIpc) is 2.28. The van der Waals surface area contributed by atoms with Crippen LogP contribution in [-0.2, 0) is 11.3 Å². The molecular weight excluding hydrogens is 235 g/mol. The molecule has 0 spiro atoms. The average molecular weight is 254 g/mol. The molecule has 1 aromatic rings. The fourth-order valence-electron chi connectivity index (χ4n) is 2.26. The van der Waals surface area contributed by atoms with Crippen LogP contribution in [0, 0.1) is 5.82 Å². The Kier molecular flexibility index (Phi) is 4.52. The molecule has 0 aliphatic carbocycles. The second-order valence-electron chi connectivity index (χ2n) is 4.60. The van der Waals surface area contributed by atoms with Gasteiger partial charge in [-0.25, -0.2) is 4.39 Å². The highest BCUT2D eigenvalue weighted by Crippen LogP contribution is 2.17. The van der Waals surface area contributed by atoms with Gasteiger partial charge in [0.25, 0.3) is 0 Å². The van der Waals surface area contributed by atoms with Crippen molar-refractivity contribution < 1.29 is 14.2 Å². The Balaban J connectivity index is 1.95. The van der Waals surface area contributed by atoms with Crippen molar-refractivity contribution in [2.24, 2.45) is 0 Å². The van der Waals surface area contributed by atoms with Gasteiger partial charge in [-0.3, -0.25) is 4.90 Å². The van der Waals surface area contributed by atoms with Crippen molar-refractivity contribution in [1.82, 2.24) is 10.2 Å². The zero-order valence-corrected chi connectivity index (χ0v) is 10.5. The van der Waals surface area contributed by atoms with Crippen molar-refractivity contribution in [3.05, 3.63) is 29.6 Å². The normalized spacial score (nSPS) is 21.1. The minimum absolute atomic E-state index is 0.0231. The fraction of sp³-hybridized carbons (Fsp3) is 0.538. The molecule has 1 aliphatic rings. The Hall–Kier alpha value is -1.17. The highest BCUT2D eigenvalue weighted by molar-refractivity contribution is 5.28. The first-order valence-electron chi connectivity index (χ1n) is 6.14. The first-order chi connectivity index (χ1) is 8.67. The summed E-state index contributed by atoms with van der Waals surface area (Å²) in [5.41, 5.74) is 0.789. The third-order valence-corrected chi connectivity index (χ3v) is 3.00. The number of ether oxygens (including phenoxy) is 1. The van der Waals surface area contributed by atoms with Crippen LogP contribution in [0.3, 0.4) is 0 Å². The van der Waals surface area contributed by atoms with Gasteiger partial charge in [-0.2, -0.15) is 0 Å². The summed E-state index contributed by atoms with van der Waals surface area (Å²) in [5, 5.41) is 12.5. The van der Waals surface area contributed by atoms with E-state index in [4.69, 9.17) is 4.74 Å². The molecule has 5 heteroatoms. The molecule has 0 aromatic heterocycles. The van der Waals surface area contributed by atoms with Crippen LogP contribution in [0.4, 0.5) is 4.39 Å². The molecule has 0 radical (unpaired) electrons. The number of nitrogens with one attached hydrogen (secondary N) is 1. The summed E-state index contributed by atoms with van der Waals surface area (Å²) in [6.07, 6.45) is 0.172. The van der Waals surface area contributed by atoms with E-state index in [0.717, 1.165) is 31.3 Å². The number of phenols is 1. The number of benzene rings is 1. The SMILES string of the molecule is CNCC1CN(Cc2cc(O)cc(F)c2)CCO1. The van der Waals surface area contributed by atoms with Crippen molar-refractivity contribution >= 4 is 0 Å². The molecule has 1 atom stereocenters. The third-order valence-electron chi connectivity index (χ3n) is 3.00. The van der Waals surface area contributed by atoms with Crippen LogP contribution in [0.1, 0.15) is 5.56 Å². The van der Waals surface area contributed by atoms with Crippen molar-refractivity contribution in [2.45, 2.75) is 12.6 Å². The molecule has 1 fully saturated rings. The summed E-state index contributed by atoms with van der Waals surface area (Å²) in [7, 11) is 1.90. The van der Waals surface area contributed by atoms with E-state index in [1.54, 1.807) is 6.07 Å². The topological polar surface area (TPSA) is 44.7 Å². The molecule has 1 unspecified atom stereocenters. The minimum atomic E-state index is -0.398. The number of hydrogen-bond donors (Lipinski definition) is 2. The van der Waals surface area contributed by atoms with Gasteiger partial charge < -0.3 is 15.2 Å². The standard InChI is InChI=1S/C13H19FN2O2/c1-15-7-13-9-16(2-3-18-13)8-10-4-11(14)6-12(17)5-10/h4-6,13,15,17H,2-3,7-9H2,1H3. The van der Waals surface area contributed by atoms with Crippen LogP contribution in [0.5, 0.6) is 5.75 Å². The number of nitrogens with zero attached hydrogens (tertiary/aromatic N) is 1. The number of aromatic hydroxyl groups is 1. The number of halogens is 1. The number of hydrogen-bond acceptors (Lipinski definition) is 4. The van der Waals surface area contributed by atoms with Gasteiger partial charge in [-0.05, 0) is 24.7 Å². The smallest absolute Gasteiger partial charge is 0.127 e. The summed E-state index contributed by atoms with van der Waals surface area (Å²) < 4.78 is 18.8. The number of rotatable bonds is 4. The third kappa shape index (κ3) is 3.66. The van der Waals surface area contributed by atoms with E-state index < -0.39 is 5.82 Å². The van der Waals surface area contributed by atoms with Crippen molar-refractivity contribution in [3.63, 3.8) is 0 Å². The molecule has 4 nitrogen and oxygen atoms in total. The van der Waals surface area contributed by atoms with Gasteiger partial charge in [0.15, 0.2) is 0 Å². The van der Waals surface area contributed by atoms with Gasteiger partial charge in [-0.15, -0.1) is 0 Å². The monoisotopic (exact) mass is 254 g/mol. The highest BCUT2D eigenvalue weighted by atomic mass is 19.1. The number of phenolic OH excluding ortho intramolecular Hbond substituents is 1.